The minimum absolute atomic E-state index is 0.00549. The van der Waals surface area contributed by atoms with E-state index in [4.69, 9.17) is 4.42 Å². The molecule has 0 aliphatic carbocycles. The zero-order valence-corrected chi connectivity index (χ0v) is 11.2. The van der Waals surface area contributed by atoms with Gasteiger partial charge in [-0.25, -0.2) is 4.98 Å². The van der Waals surface area contributed by atoms with E-state index >= 15 is 0 Å². The maximum absolute atomic E-state index is 12.2. The molecule has 18 heavy (non-hydrogen) atoms. The van der Waals surface area contributed by atoms with E-state index in [1.54, 1.807) is 6.92 Å². The van der Waals surface area contributed by atoms with Gasteiger partial charge < -0.3 is 4.42 Å². The molecule has 0 N–H and O–H groups in total. The van der Waals surface area contributed by atoms with Crippen molar-refractivity contribution in [2.45, 2.75) is 27.7 Å². The zero-order chi connectivity index (χ0) is 13.3. The zero-order valence-electron chi connectivity index (χ0n) is 11.2. The lowest BCUT2D eigenvalue weighted by Gasteiger charge is -2.14. The highest BCUT2D eigenvalue weighted by Crippen LogP contribution is 2.26. The molecule has 2 rings (SSSR count). The number of benzene rings is 1. The fourth-order valence-corrected chi connectivity index (χ4v) is 1.67. The standard InChI is InChI=1S/C15H17NO2/c1-10-12(13(17)15(2,3)4)16-14(18-10)11-8-6-5-7-9-11/h5-9H,1-4H3. The van der Waals surface area contributed by atoms with E-state index < -0.39 is 5.41 Å². The summed E-state index contributed by atoms with van der Waals surface area (Å²) in [5.41, 5.74) is 0.866. The van der Waals surface area contributed by atoms with Gasteiger partial charge in [0.25, 0.3) is 0 Å². The van der Waals surface area contributed by atoms with Crippen molar-refractivity contribution in [3.8, 4) is 11.5 Å². The van der Waals surface area contributed by atoms with Crippen LogP contribution in [0.15, 0.2) is 34.7 Å². The third-order valence-electron chi connectivity index (χ3n) is 2.71. The smallest absolute Gasteiger partial charge is 0.226 e. The Morgan fingerprint density at radius 1 is 1.17 bits per heavy atom. The van der Waals surface area contributed by atoms with Crippen LogP contribution in [-0.4, -0.2) is 10.8 Å². The summed E-state index contributed by atoms with van der Waals surface area (Å²) in [6, 6.07) is 9.59. The predicted molar refractivity (Wildman–Crippen MR) is 70.5 cm³/mol. The van der Waals surface area contributed by atoms with E-state index in [1.165, 1.54) is 0 Å². The number of aromatic nitrogens is 1. The fourth-order valence-electron chi connectivity index (χ4n) is 1.67. The molecule has 0 atom stereocenters. The van der Waals surface area contributed by atoms with Crippen LogP contribution in [0.25, 0.3) is 11.5 Å². The maximum atomic E-state index is 12.2. The number of oxazole rings is 1. The lowest BCUT2D eigenvalue weighted by molar-refractivity contribution is 0.0852. The highest BCUT2D eigenvalue weighted by Gasteiger charge is 2.28. The lowest BCUT2D eigenvalue weighted by Crippen LogP contribution is -2.21. The molecular formula is C15H17NO2. The largest absolute Gasteiger partial charge is 0.441 e. The van der Waals surface area contributed by atoms with Crippen LogP contribution in [0.2, 0.25) is 0 Å². The quantitative estimate of drug-likeness (QED) is 0.752. The molecular weight excluding hydrogens is 226 g/mol. The van der Waals surface area contributed by atoms with Crippen LogP contribution in [0, 0.1) is 12.3 Å². The summed E-state index contributed by atoms with van der Waals surface area (Å²) in [6.45, 7) is 7.42. The van der Waals surface area contributed by atoms with Gasteiger partial charge in [0.15, 0.2) is 5.78 Å². The second kappa shape index (κ2) is 4.41. The first-order chi connectivity index (χ1) is 8.39. The second-order valence-corrected chi connectivity index (χ2v) is 5.37. The number of ketones is 1. The summed E-state index contributed by atoms with van der Waals surface area (Å²) >= 11 is 0. The van der Waals surface area contributed by atoms with Crippen molar-refractivity contribution in [3.05, 3.63) is 41.8 Å². The summed E-state index contributed by atoms with van der Waals surface area (Å²) in [4.78, 5) is 16.5. The minimum atomic E-state index is -0.449. The molecule has 0 saturated carbocycles. The van der Waals surface area contributed by atoms with Gasteiger partial charge in [0.1, 0.15) is 11.5 Å². The number of hydrogen-bond acceptors (Lipinski definition) is 3. The highest BCUT2D eigenvalue weighted by molar-refractivity contribution is 5.99. The number of rotatable bonds is 2. The first kappa shape index (κ1) is 12.6. The Morgan fingerprint density at radius 3 is 2.33 bits per heavy atom. The molecule has 0 bridgehead atoms. The summed E-state index contributed by atoms with van der Waals surface area (Å²) < 4.78 is 5.59. The number of hydrogen-bond donors (Lipinski definition) is 0. The Morgan fingerprint density at radius 2 is 1.78 bits per heavy atom. The van der Waals surface area contributed by atoms with Gasteiger partial charge in [-0.3, -0.25) is 4.79 Å². The number of carbonyl (C=O) groups is 1. The summed E-state index contributed by atoms with van der Waals surface area (Å²) in [5.74, 6) is 1.08. The molecule has 0 amide bonds. The van der Waals surface area contributed by atoms with Crippen molar-refractivity contribution in [1.82, 2.24) is 4.98 Å². The molecule has 0 fully saturated rings. The monoisotopic (exact) mass is 243 g/mol. The molecule has 3 nitrogen and oxygen atoms in total. The molecule has 0 aliphatic rings. The predicted octanol–water partition coefficient (Wildman–Crippen LogP) is 3.88. The van der Waals surface area contributed by atoms with Gasteiger partial charge in [0.05, 0.1) is 0 Å². The summed E-state index contributed by atoms with van der Waals surface area (Å²) in [7, 11) is 0. The third-order valence-corrected chi connectivity index (χ3v) is 2.71. The molecule has 0 saturated heterocycles. The number of nitrogens with zero attached hydrogens (tertiary/aromatic N) is 1. The van der Waals surface area contributed by atoms with E-state index in [9.17, 15) is 4.79 Å². The summed E-state index contributed by atoms with van der Waals surface area (Å²) in [6.07, 6.45) is 0. The molecule has 1 heterocycles. The van der Waals surface area contributed by atoms with E-state index in [-0.39, 0.29) is 5.78 Å². The van der Waals surface area contributed by atoms with Gasteiger partial charge in [-0.1, -0.05) is 39.0 Å². The SMILES string of the molecule is Cc1oc(-c2ccccc2)nc1C(=O)C(C)(C)C. The first-order valence-corrected chi connectivity index (χ1v) is 5.97. The van der Waals surface area contributed by atoms with Crippen LogP contribution in [0.1, 0.15) is 37.0 Å². The van der Waals surface area contributed by atoms with Crippen LogP contribution >= 0.6 is 0 Å². The van der Waals surface area contributed by atoms with Crippen LogP contribution < -0.4 is 0 Å². The molecule has 1 aromatic heterocycles. The van der Waals surface area contributed by atoms with Crippen LogP contribution in [0.5, 0.6) is 0 Å². The molecule has 0 aliphatic heterocycles. The van der Waals surface area contributed by atoms with Crippen molar-refractivity contribution >= 4 is 5.78 Å². The van der Waals surface area contributed by atoms with E-state index in [2.05, 4.69) is 4.98 Å². The van der Waals surface area contributed by atoms with Crippen molar-refractivity contribution < 1.29 is 9.21 Å². The lowest BCUT2D eigenvalue weighted by atomic mass is 9.88. The molecule has 0 unspecified atom stereocenters. The fraction of sp³-hybridized carbons (Fsp3) is 0.333. The molecule has 3 heteroatoms. The van der Waals surface area contributed by atoms with Crippen molar-refractivity contribution in [1.29, 1.82) is 0 Å². The van der Waals surface area contributed by atoms with E-state index in [1.807, 2.05) is 51.1 Å². The van der Waals surface area contributed by atoms with Gasteiger partial charge in [0, 0.05) is 11.0 Å². The van der Waals surface area contributed by atoms with Crippen molar-refractivity contribution in [2.75, 3.05) is 0 Å². The Balaban J connectivity index is 2.43. The van der Waals surface area contributed by atoms with Gasteiger partial charge >= 0.3 is 0 Å². The van der Waals surface area contributed by atoms with Gasteiger partial charge in [-0.2, -0.15) is 0 Å². The Labute approximate surface area is 107 Å². The Bertz CT molecular complexity index is 562. The average molecular weight is 243 g/mol. The highest BCUT2D eigenvalue weighted by atomic mass is 16.4. The minimum Gasteiger partial charge on any atom is -0.441 e. The number of aryl methyl sites for hydroxylation is 1. The number of carbonyl (C=O) groups excluding carboxylic acids is 1. The van der Waals surface area contributed by atoms with Crippen molar-refractivity contribution in [2.24, 2.45) is 5.41 Å². The molecule has 2 aromatic rings. The maximum Gasteiger partial charge on any atom is 0.226 e. The second-order valence-electron chi connectivity index (χ2n) is 5.37. The topological polar surface area (TPSA) is 43.1 Å². The third kappa shape index (κ3) is 2.35. The molecule has 94 valence electrons. The molecule has 1 aromatic carbocycles. The van der Waals surface area contributed by atoms with Gasteiger partial charge in [-0.15, -0.1) is 0 Å². The Hall–Kier alpha value is -1.90. The van der Waals surface area contributed by atoms with Gasteiger partial charge in [0.2, 0.25) is 5.89 Å². The summed E-state index contributed by atoms with van der Waals surface area (Å²) in [5, 5.41) is 0. The van der Waals surface area contributed by atoms with Gasteiger partial charge in [-0.05, 0) is 19.1 Å². The van der Waals surface area contributed by atoms with E-state index in [0.717, 1.165) is 5.56 Å². The van der Waals surface area contributed by atoms with E-state index in [0.29, 0.717) is 17.3 Å². The Kier molecular flexibility index (Phi) is 3.07. The average Bonchev–Trinajstić information content (AvgIpc) is 2.70. The normalized spacial score (nSPS) is 11.6. The van der Waals surface area contributed by atoms with Crippen LogP contribution in [0.4, 0.5) is 0 Å². The number of Topliss-reactive ketones (excluding diaryl/α,β-unsaturated/α-hetero) is 1. The van der Waals surface area contributed by atoms with Crippen LogP contribution in [-0.2, 0) is 0 Å². The first-order valence-electron chi connectivity index (χ1n) is 5.97. The van der Waals surface area contributed by atoms with Crippen LogP contribution in [0.3, 0.4) is 0 Å². The van der Waals surface area contributed by atoms with Crippen molar-refractivity contribution in [3.63, 3.8) is 0 Å². The molecule has 0 radical (unpaired) electrons. The molecule has 0 spiro atoms.